The lowest BCUT2D eigenvalue weighted by molar-refractivity contribution is -0.384. The van der Waals surface area contributed by atoms with Crippen molar-refractivity contribution in [3.05, 3.63) is 49.8 Å². The molecule has 0 fully saturated rings. The van der Waals surface area contributed by atoms with Crippen molar-refractivity contribution < 1.29 is 9.72 Å². The van der Waals surface area contributed by atoms with E-state index in [0.717, 1.165) is 23.9 Å². The number of aromatic amines is 1. The van der Waals surface area contributed by atoms with Crippen LogP contribution in [0, 0.1) is 10.1 Å². The van der Waals surface area contributed by atoms with E-state index in [1.54, 1.807) is 0 Å². The van der Waals surface area contributed by atoms with Crippen LogP contribution in [-0.2, 0) is 4.79 Å². The van der Waals surface area contributed by atoms with Crippen molar-refractivity contribution in [2.75, 3.05) is 16.8 Å². The second-order valence-corrected chi connectivity index (χ2v) is 5.60. The van der Waals surface area contributed by atoms with Gasteiger partial charge in [-0.1, -0.05) is 23.4 Å². The van der Waals surface area contributed by atoms with E-state index in [1.165, 1.54) is 12.1 Å². The van der Waals surface area contributed by atoms with Crippen LogP contribution in [0.25, 0.3) is 0 Å². The Morgan fingerprint density at radius 2 is 2.22 bits per heavy atom. The number of hydrogen-bond acceptors (Lipinski definition) is 7. The molecular formula is C12H10ClN5O4S. The van der Waals surface area contributed by atoms with E-state index in [4.69, 9.17) is 17.3 Å². The highest BCUT2D eigenvalue weighted by Crippen LogP contribution is 2.27. The Balaban J connectivity index is 2.03. The van der Waals surface area contributed by atoms with Gasteiger partial charge in [-0.25, -0.2) is 4.98 Å². The summed E-state index contributed by atoms with van der Waals surface area (Å²) in [6.45, 7) is 0. The van der Waals surface area contributed by atoms with E-state index in [9.17, 15) is 19.7 Å². The lowest BCUT2D eigenvalue weighted by Crippen LogP contribution is -2.16. The summed E-state index contributed by atoms with van der Waals surface area (Å²) >= 11 is 6.84. The maximum atomic E-state index is 11.9. The highest BCUT2D eigenvalue weighted by atomic mass is 35.5. The maximum Gasteiger partial charge on any atom is 0.271 e. The van der Waals surface area contributed by atoms with Crippen LogP contribution >= 0.6 is 23.4 Å². The molecule has 1 aromatic heterocycles. The third kappa shape index (κ3) is 4.69. The number of nitrogens with zero attached hydrogens (tertiary/aromatic N) is 2. The number of nitrogen functional groups attached to an aromatic ring is 1. The first kappa shape index (κ1) is 16.8. The van der Waals surface area contributed by atoms with Crippen molar-refractivity contribution in [2.45, 2.75) is 5.16 Å². The van der Waals surface area contributed by atoms with Crippen LogP contribution in [0.15, 0.2) is 34.2 Å². The summed E-state index contributed by atoms with van der Waals surface area (Å²) in [4.78, 5) is 39.5. The molecule has 9 nitrogen and oxygen atoms in total. The Morgan fingerprint density at radius 1 is 1.48 bits per heavy atom. The van der Waals surface area contributed by atoms with Crippen molar-refractivity contribution in [1.82, 2.24) is 9.97 Å². The van der Waals surface area contributed by atoms with E-state index in [2.05, 4.69) is 15.3 Å². The monoisotopic (exact) mass is 355 g/mol. The summed E-state index contributed by atoms with van der Waals surface area (Å²) < 4.78 is 0. The Bertz CT molecular complexity index is 825. The number of H-pyrrole nitrogens is 1. The number of non-ortho nitro benzene ring substituents is 1. The molecule has 0 atom stereocenters. The molecule has 23 heavy (non-hydrogen) atoms. The highest BCUT2D eigenvalue weighted by molar-refractivity contribution is 7.99. The first-order chi connectivity index (χ1) is 10.8. The summed E-state index contributed by atoms with van der Waals surface area (Å²) in [5.41, 5.74) is 4.93. The first-order valence-corrected chi connectivity index (χ1v) is 7.45. The molecule has 0 radical (unpaired) electrons. The normalized spacial score (nSPS) is 10.3. The molecule has 120 valence electrons. The van der Waals surface area contributed by atoms with Gasteiger partial charge in [0.2, 0.25) is 5.91 Å². The number of nitro benzene ring substituents is 1. The average Bonchev–Trinajstić information content (AvgIpc) is 2.46. The fourth-order valence-corrected chi connectivity index (χ4v) is 2.41. The smallest absolute Gasteiger partial charge is 0.271 e. The summed E-state index contributed by atoms with van der Waals surface area (Å²) in [5.74, 6) is -0.522. The number of aromatic nitrogens is 2. The second-order valence-electron chi connectivity index (χ2n) is 4.23. The molecule has 0 saturated carbocycles. The van der Waals surface area contributed by atoms with Gasteiger partial charge in [-0.15, -0.1) is 0 Å². The number of nitrogens with two attached hydrogens (primary N) is 1. The van der Waals surface area contributed by atoms with E-state index < -0.39 is 16.4 Å². The number of nitro groups is 1. The van der Waals surface area contributed by atoms with Crippen molar-refractivity contribution in [1.29, 1.82) is 0 Å². The highest BCUT2D eigenvalue weighted by Gasteiger charge is 2.13. The van der Waals surface area contributed by atoms with E-state index in [0.29, 0.717) is 0 Å². The number of thioether (sulfide) groups is 1. The molecule has 0 aliphatic carbocycles. The van der Waals surface area contributed by atoms with Crippen molar-refractivity contribution >= 4 is 46.5 Å². The molecule has 2 aromatic rings. The van der Waals surface area contributed by atoms with E-state index in [1.807, 2.05) is 0 Å². The Kier molecular flexibility index (Phi) is 5.19. The van der Waals surface area contributed by atoms with Gasteiger partial charge in [0.1, 0.15) is 5.82 Å². The first-order valence-electron chi connectivity index (χ1n) is 6.08. The van der Waals surface area contributed by atoms with Gasteiger partial charge in [0, 0.05) is 18.2 Å². The number of amides is 1. The summed E-state index contributed by atoms with van der Waals surface area (Å²) in [7, 11) is 0. The van der Waals surface area contributed by atoms with Crippen LogP contribution in [-0.4, -0.2) is 26.6 Å². The minimum Gasteiger partial charge on any atom is -0.383 e. The number of halogens is 1. The standard InChI is InChI=1S/C12H10ClN5O4S/c13-7-2-1-6(18(21)22)3-8(7)15-11(20)5-23-12-16-9(14)4-10(19)17-12/h1-4H,5H2,(H,15,20)(H3,14,16,17,19). The van der Waals surface area contributed by atoms with Gasteiger partial charge in [-0.2, -0.15) is 0 Å². The molecule has 1 amide bonds. The molecule has 2 rings (SSSR count). The summed E-state index contributed by atoms with van der Waals surface area (Å²) in [6, 6.07) is 4.83. The lowest BCUT2D eigenvalue weighted by Gasteiger charge is -2.07. The minimum atomic E-state index is -0.595. The summed E-state index contributed by atoms with van der Waals surface area (Å²) in [6.07, 6.45) is 0. The Morgan fingerprint density at radius 3 is 2.87 bits per heavy atom. The van der Waals surface area contributed by atoms with Crippen LogP contribution < -0.4 is 16.6 Å². The van der Waals surface area contributed by atoms with Crippen molar-refractivity contribution in [3.8, 4) is 0 Å². The van der Waals surface area contributed by atoms with Gasteiger partial charge < -0.3 is 16.0 Å². The fourth-order valence-electron chi connectivity index (χ4n) is 1.56. The Labute approximate surface area is 138 Å². The van der Waals surface area contributed by atoms with Gasteiger partial charge in [-0.3, -0.25) is 19.7 Å². The van der Waals surface area contributed by atoms with Crippen LogP contribution in [0.3, 0.4) is 0 Å². The second kappa shape index (κ2) is 7.11. The van der Waals surface area contributed by atoms with Crippen LogP contribution in [0.5, 0.6) is 0 Å². The Hall–Kier alpha value is -2.59. The molecule has 11 heteroatoms. The predicted molar refractivity (Wildman–Crippen MR) is 86.7 cm³/mol. The SMILES string of the molecule is Nc1cc(=O)[nH]c(SCC(=O)Nc2cc([N+](=O)[O-])ccc2Cl)n1. The molecular weight excluding hydrogens is 346 g/mol. The number of rotatable bonds is 5. The zero-order chi connectivity index (χ0) is 17.0. The van der Waals surface area contributed by atoms with Crippen molar-refractivity contribution in [3.63, 3.8) is 0 Å². The lowest BCUT2D eigenvalue weighted by atomic mass is 10.3. The molecule has 1 aromatic carbocycles. The van der Waals surface area contributed by atoms with Crippen LogP contribution in [0.1, 0.15) is 0 Å². The summed E-state index contributed by atoms with van der Waals surface area (Å²) in [5, 5.41) is 13.5. The quantitative estimate of drug-likeness (QED) is 0.320. The van der Waals surface area contributed by atoms with Crippen LogP contribution in [0.2, 0.25) is 5.02 Å². The molecule has 0 aliphatic heterocycles. The number of anilines is 2. The third-order valence-corrected chi connectivity index (χ3v) is 3.72. The number of carbonyl (C=O) groups excluding carboxylic acids is 1. The van der Waals surface area contributed by atoms with Crippen LogP contribution in [0.4, 0.5) is 17.2 Å². The zero-order valence-corrected chi connectivity index (χ0v) is 13.0. The van der Waals surface area contributed by atoms with E-state index in [-0.39, 0.29) is 33.1 Å². The van der Waals surface area contributed by atoms with Crippen molar-refractivity contribution in [2.24, 2.45) is 0 Å². The molecule has 0 aliphatic rings. The average molecular weight is 356 g/mol. The van der Waals surface area contributed by atoms with Gasteiger partial charge in [0.05, 0.1) is 21.4 Å². The van der Waals surface area contributed by atoms with Gasteiger partial charge in [0.15, 0.2) is 5.16 Å². The van der Waals surface area contributed by atoms with Gasteiger partial charge >= 0.3 is 0 Å². The van der Waals surface area contributed by atoms with Gasteiger partial charge in [-0.05, 0) is 6.07 Å². The molecule has 0 bridgehead atoms. The largest absolute Gasteiger partial charge is 0.383 e. The third-order valence-electron chi connectivity index (χ3n) is 2.51. The van der Waals surface area contributed by atoms with Gasteiger partial charge in [0.25, 0.3) is 11.2 Å². The molecule has 0 spiro atoms. The predicted octanol–water partition coefficient (Wildman–Crippen LogP) is 1.64. The minimum absolute atomic E-state index is 0.0402. The molecule has 0 saturated heterocycles. The number of nitrogens with one attached hydrogen (secondary N) is 2. The zero-order valence-electron chi connectivity index (χ0n) is 11.4. The number of benzene rings is 1. The molecule has 1 heterocycles. The van der Waals surface area contributed by atoms with E-state index >= 15 is 0 Å². The number of carbonyl (C=O) groups is 1. The fraction of sp³-hybridized carbons (Fsp3) is 0.0833. The maximum absolute atomic E-state index is 11.9. The topological polar surface area (TPSA) is 144 Å². The number of hydrogen-bond donors (Lipinski definition) is 3. The molecule has 0 unspecified atom stereocenters. The molecule has 4 N–H and O–H groups in total.